The van der Waals surface area contributed by atoms with Crippen molar-refractivity contribution < 1.29 is 0 Å². The van der Waals surface area contributed by atoms with Crippen LogP contribution in [0.1, 0.15) is 6.42 Å². The van der Waals surface area contributed by atoms with Gasteiger partial charge in [0.25, 0.3) is 0 Å². The first-order valence-electron chi connectivity index (χ1n) is 1.45. The van der Waals surface area contributed by atoms with E-state index in [0.29, 0.717) is 0 Å². The minimum absolute atomic E-state index is 0.977. The maximum atomic E-state index is 2.88. The monoisotopic (exact) mass is 83.0 g/mol. The molecule has 25 valence electrons. The SMILES string of the molecule is C1#CS[CH]C1. The van der Waals surface area contributed by atoms with Gasteiger partial charge in [-0.1, -0.05) is 17.7 Å². The van der Waals surface area contributed by atoms with E-state index in [1.807, 2.05) is 0 Å². The molecule has 0 aromatic rings. The van der Waals surface area contributed by atoms with E-state index in [2.05, 4.69) is 16.9 Å². The normalized spacial score (nSPS) is 17.6. The first-order chi connectivity index (χ1) is 2.50. The van der Waals surface area contributed by atoms with Crippen LogP contribution in [0.3, 0.4) is 0 Å². The van der Waals surface area contributed by atoms with Gasteiger partial charge in [0.15, 0.2) is 0 Å². The molecule has 1 radical (unpaired) electrons. The van der Waals surface area contributed by atoms with Crippen LogP contribution in [0.2, 0.25) is 0 Å². The molecule has 1 aliphatic rings. The van der Waals surface area contributed by atoms with Crippen LogP contribution in [-0.2, 0) is 0 Å². The maximum absolute atomic E-state index is 2.88. The summed E-state index contributed by atoms with van der Waals surface area (Å²) in [5.41, 5.74) is 0. The first kappa shape index (κ1) is 3.11. The predicted molar refractivity (Wildman–Crippen MR) is 24.3 cm³/mol. The van der Waals surface area contributed by atoms with Gasteiger partial charge in [-0.2, -0.15) is 0 Å². The highest BCUT2D eigenvalue weighted by Crippen LogP contribution is 2.10. The third-order valence-electron chi connectivity index (χ3n) is 0.400. The highest BCUT2D eigenvalue weighted by atomic mass is 32.2. The lowest BCUT2D eigenvalue weighted by Crippen LogP contribution is -1.47. The summed E-state index contributed by atoms with van der Waals surface area (Å²) in [6, 6.07) is 0. The molecule has 1 rings (SSSR count). The summed E-state index contributed by atoms with van der Waals surface area (Å²) in [6.45, 7) is 0. The number of thioether (sulfide) groups is 1. The third-order valence-corrected chi connectivity index (χ3v) is 0.995. The lowest BCUT2D eigenvalue weighted by molar-refractivity contribution is 1.46. The van der Waals surface area contributed by atoms with Crippen molar-refractivity contribution in [3.63, 3.8) is 0 Å². The first-order valence-corrected chi connectivity index (χ1v) is 2.33. The average molecular weight is 83.1 g/mol. The second kappa shape index (κ2) is 1.37. The molecule has 0 saturated heterocycles. The molecule has 0 aliphatic carbocycles. The van der Waals surface area contributed by atoms with Gasteiger partial charge in [-0.15, -0.1) is 0 Å². The molecule has 1 heterocycles. The van der Waals surface area contributed by atoms with Crippen molar-refractivity contribution in [2.45, 2.75) is 6.42 Å². The highest BCUT2D eigenvalue weighted by molar-refractivity contribution is 8.06. The van der Waals surface area contributed by atoms with Crippen LogP contribution in [0, 0.1) is 16.9 Å². The molecular formula is C4H3S. The van der Waals surface area contributed by atoms with E-state index in [1.165, 1.54) is 0 Å². The Morgan fingerprint density at radius 1 is 1.80 bits per heavy atom. The Balaban J connectivity index is 2.42. The van der Waals surface area contributed by atoms with Crippen molar-refractivity contribution >= 4 is 11.8 Å². The molecule has 0 amide bonds. The van der Waals surface area contributed by atoms with Gasteiger partial charge in [0.05, 0.1) is 0 Å². The molecule has 0 spiro atoms. The number of rotatable bonds is 0. The molecule has 0 bridgehead atoms. The number of hydrogen-bond donors (Lipinski definition) is 0. The van der Waals surface area contributed by atoms with Gasteiger partial charge in [0.2, 0.25) is 0 Å². The van der Waals surface area contributed by atoms with Crippen molar-refractivity contribution in [3.8, 4) is 11.2 Å². The minimum Gasteiger partial charge on any atom is -0.0900 e. The molecule has 0 aromatic carbocycles. The third kappa shape index (κ3) is 0.592. The molecule has 0 aromatic heterocycles. The van der Waals surface area contributed by atoms with Gasteiger partial charge in [-0.25, -0.2) is 0 Å². The summed E-state index contributed by atoms with van der Waals surface area (Å²) in [5.74, 6) is 4.94. The van der Waals surface area contributed by atoms with Gasteiger partial charge in [-0.3, -0.25) is 0 Å². The van der Waals surface area contributed by atoms with Crippen LogP contribution in [0.25, 0.3) is 0 Å². The second-order valence-corrected chi connectivity index (χ2v) is 1.54. The Kier molecular flexibility index (Phi) is 0.855. The van der Waals surface area contributed by atoms with E-state index >= 15 is 0 Å². The van der Waals surface area contributed by atoms with Crippen molar-refractivity contribution in [1.29, 1.82) is 0 Å². The van der Waals surface area contributed by atoms with E-state index in [0.717, 1.165) is 6.42 Å². The van der Waals surface area contributed by atoms with Crippen LogP contribution >= 0.6 is 11.8 Å². The predicted octanol–water partition coefficient (Wildman–Crippen LogP) is 1.25. The van der Waals surface area contributed by atoms with Gasteiger partial charge in [0.1, 0.15) is 0 Å². The van der Waals surface area contributed by atoms with Crippen molar-refractivity contribution in [2.24, 2.45) is 0 Å². The van der Waals surface area contributed by atoms with E-state index in [9.17, 15) is 0 Å². The zero-order chi connectivity index (χ0) is 3.54. The van der Waals surface area contributed by atoms with Crippen LogP contribution in [0.4, 0.5) is 0 Å². The standard InChI is InChI=1S/C4H3S/c1-2-4-5-3-1/h3H,1H2. The molecule has 1 aliphatic heterocycles. The number of hydrogen-bond acceptors (Lipinski definition) is 1. The average Bonchev–Trinajstić information content (AvgIpc) is 1.76. The molecular weight excluding hydrogens is 80.1 g/mol. The molecule has 5 heavy (non-hydrogen) atoms. The van der Waals surface area contributed by atoms with Gasteiger partial charge >= 0.3 is 0 Å². The summed E-state index contributed by atoms with van der Waals surface area (Å²) in [5, 5.41) is 2.83. The fraction of sp³-hybridized carbons (Fsp3) is 0.250. The van der Waals surface area contributed by atoms with E-state index in [4.69, 9.17) is 0 Å². The Morgan fingerprint density at radius 3 is 3.00 bits per heavy atom. The van der Waals surface area contributed by atoms with E-state index in [1.54, 1.807) is 11.8 Å². The summed E-state index contributed by atoms with van der Waals surface area (Å²) >= 11 is 1.59. The zero-order valence-corrected chi connectivity index (χ0v) is 3.51. The summed E-state index contributed by atoms with van der Waals surface area (Å²) < 4.78 is 0. The Hall–Kier alpha value is -0.0900. The van der Waals surface area contributed by atoms with Crippen molar-refractivity contribution in [1.82, 2.24) is 0 Å². The lowest BCUT2D eigenvalue weighted by Gasteiger charge is -1.66. The molecule has 0 nitrogen and oxygen atoms in total. The summed E-state index contributed by atoms with van der Waals surface area (Å²) in [6.07, 6.45) is 0.977. The lowest BCUT2D eigenvalue weighted by atomic mass is 10.5. The Bertz CT molecular complexity index is 67.4. The van der Waals surface area contributed by atoms with Crippen molar-refractivity contribution in [2.75, 3.05) is 0 Å². The van der Waals surface area contributed by atoms with Crippen molar-refractivity contribution in [3.05, 3.63) is 5.75 Å². The smallest absolute Gasteiger partial charge is 0.0418 e. The summed E-state index contributed by atoms with van der Waals surface area (Å²) in [7, 11) is 0. The quantitative estimate of drug-likeness (QED) is 0.397. The topological polar surface area (TPSA) is 0 Å². The molecule has 0 N–H and O–H groups in total. The fourth-order valence-electron chi connectivity index (χ4n) is 0.208. The molecule has 0 fully saturated rings. The molecule has 0 atom stereocenters. The highest BCUT2D eigenvalue weighted by Gasteiger charge is 1.84. The molecule has 0 unspecified atom stereocenters. The van der Waals surface area contributed by atoms with E-state index < -0.39 is 0 Å². The van der Waals surface area contributed by atoms with Gasteiger partial charge in [-0.05, 0) is 5.25 Å². The van der Waals surface area contributed by atoms with Crippen LogP contribution < -0.4 is 0 Å². The van der Waals surface area contributed by atoms with E-state index in [-0.39, 0.29) is 0 Å². The minimum atomic E-state index is 0.977. The molecule has 1 heteroatoms. The molecule has 0 saturated carbocycles. The van der Waals surface area contributed by atoms with Crippen LogP contribution in [0.15, 0.2) is 0 Å². The van der Waals surface area contributed by atoms with Crippen LogP contribution in [-0.4, -0.2) is 0 Å². The summed E-state index contributed by atoms with van der Waals surface area (Å²) in [4.78, 5) is 0. The second-order valence-electron chi connectivity index (χ2n) is 0.767. The fourth-order valence-corrected chi connectivity index (χ4v) is 0.625. The zero-order valence-electron chi connectivity index (χ0n) is 2.69. The maximum Gasteiger partial charge on any atom is 0.0418 e. The Morgan fingerprint density at radius 2 is 2.80 bits per heavy atom. The largest absolute Gasteiger partial charge is 0.0900 e. The Labute approximate surface area is 36.0 Å². The van der Waals surface area contributed by atoms with Gasteiger partial charge in [0, 0.05) is 12.2 Å². The van der Waals surface area contributed by atoms with Gasteiger partial charge < -0.3 is 0 Å². The van der Waals surface area contributed by atoms with Crippen LogP contribution in [0.5, 0.6) is 0 Å².